The molecule has 2 aromatic carbocycles. The molecule has 31 heavy (non-hydrogen) atoms. The highest BCUT2D eigenvalue weighted by atomic mass is 16.5. The lowest BCUT2D eigenvalue weighted by Crippen LogP contribution is -2.40. The van der Waals surface area contributed by atoms with Gasteiger partial charge >= 0.3 is 0 Å². The Kier molecular flexibility index (Phi) is 6.37. The second-order valence-corrected chi connectivity index (χ2v) is 7.60. The highest BCUT2D eigenvalue weighted by Crippen LogP contribution is 2.27. The van der Waals surface area contributed by atoms with E-state index in [0.29, 0.717) is 31.3 Å². The standard InChI is InChI=1S/C23H25N5O3/c1-16(29)24-20-13-28(21(30)15-31-14-17-8-4-2-5-9-17)12-19(20)23-25-22(26-27-23)18-10-6-3-7-11-18/h2-11,19-20H,12-15H2,1H3,(H,24,29)(H,25,26,27). The quantitative estimate of drug-likeness (QED) is 0.611. The molecule has 8 heteroatoms. The number of H-pyrrole nitrogens is 1. The number of nitrogens with zero attached hydrogens (tertiary/aromatic N) is 3. The van der Waals surface area contributed by atoms with Crippen molar-refractivity contribution in [1.29, 1.82) is 0 Å². The molecular formula is C23H25N5O3. The van der Waals surface area contributed by atoms with E-state index in [1.807, 2.05) is 60.7 Å². The molecule has 0 radical (unpaired) electrons. The Labute approximate surface area is 180 Å². The molecule has 2 heterocycles. The van der Waals surface area contributed by atoms with E-state index in [9.17, 15) is 9.59 Å². The van der Waals surface area contributed by atoms with E-state index < -0.39 is 0 Å². The van der Waals surface area contributed by atoms with E-state index in [2.05, 4.69) is 20.5 Å². The first-order valence-electron chi connectivity index (χ1n) is 10.2. The molecule has 0 aliphatic carbocycles. The number of carbonyl (C=O) groups is 2. The van der Waals surface area contributed by atoms with Gasteiger partial charge in [0.2, 0.25) is 11.8 Å². The van der Waals surface area contributed by atoms with Crippen LogP contribution in [0.2, 0.25) is 0 Å². The van der Waals surface area contributed by atoms with Gasteiger partial charge in [0.25, 0.3) is 0 Å². The molecule has 0 bridgehead atoms. The van der Waals surface area contributed by atoms with E-state index >= 15 is 0 Å². The molecule has 0 saturated carbocycles. The van der Waals surface area contributed by atoms with Crippen LogP contribution in [0.3, 0.4) is 0 Å². The van der Waals surface area contributed by atoms with Crippen LogP contribution in [0.5, 0.6) is 0 Å². The van der Waals surface area contributed by atoms with Gasteiger partial charge in [0, 0.05) is 25.6 Å². The number of rotatable bonds is 7. The first kappa shape index (κ1) is 20.7. The SMILES string of the molecule is CC(=O)NC1CN(C(=O)COCc2ccccc2)CC1c1nc(-c2ccccc2)n[nH]1. The Morgan fingerprint density at radius 2 is 1.81 bits per heavy atom. The number of benzene rings is 2. The van der Waals surface area contributed by atoms with Crippen LogP contribution in [-0.2, 0) is 20.9 Å². The lowest BCUT2D eigenvalue weighted by molar-refractivity contribution is -0.135. The van der Waals surface area contributed by atoms with Crippen molar-refractivity contribution in [2.45, 2.75) is 25.5 Å². The molecule has 0 spiro atoms. The number of aromatic amines is 1. The molecule has 1 saturated heterocycles. The van der Waals surface area contributed by atoms with Crippen molar-refractivity contribution in [2.75, 3.05) is 19.7 Å². The number of amides is 2. The molecule has 1 aromatic heterocycles. The van der Waals surface area contributed by atoms with Crippen molar-refractivity contribution in [3.8, 4) is 11.4 Å². The third kappa shape index (κ3) is 5.16. The Balaban J connectivity index is 1.42. The van der Waals surface area contributed by atoms with E-state index in [1.54, 1.807) is 4.90 Å². The van der Waals surface area contributed by atoms with Gasteiger partial charge in [0.1, 0.15) is 12.4 Å². The maximum absolute atomic E-state index is 12.7. The molecular weight excluding hydrogens is 394 g/mol. The summed E-state index contributed by atoms with van der Waals surface area (Å²) in [6.07, 6.45) is 0. The van der Waals surface area contributed by atoms with Gasteiger partial charge in [0.15, 0.2) is 5.82 Å². The van der Waals surface area contributed by atoms with Crippen molar-refractivity contribution < 1.29 is 14.3 Å². The minimum atomic E-state index is -0.243. The topological polar surface area (TPSA) is 100 Å². The maximum atomic E-state index is 12.7. The van der Waals surface area contributed by atoms with Crippen molar-refractivity contribution in [3.63, 3.8) is 0 Å². The Morgan fingerprint density at radius 1 is 1.10 bits per heavy atom. The molecule has 2 unspecified atom stereocenters. The molecule has 3 aromatic rings. The van der Waals surface area contributed by atoms with Gasteiger partial charge in [-0.15, -0.1) is 0 Å². The lowest BCUT2D eigenvalue weighted by atomic mass is 10.0. The van der Waals surface area contributed by atoms with Crippen LogP contribution in [0.25, 0.3) is 11.4 Å². The summed E-state index contributed by atoms with van der Waals surface area (Å²) >= 11 is 0. The second-order valence-electron chi connectivity index (χ2n) is 7.60. The minimum Gasteiger partial charge on any atom is -0.367 e. The molecule has 160 valence electrons. The normalized spacial score (nSPS) is 18.2. The highest BCUT2D eigenvalue weighted by molar-refractivity contribution is 5.78. The first-order valence-corrected chi connectivity index (χ1v) is 10.2. The first-order chi connectivity index (χ1) is 15.1. The summed E-state index contributed by atoms with van der Waals surface area (Å²) < 4.78 is 5.60. The number of aromatic nitrogens is 3. The third-order valence-electron chi connectivity index (χ3n) is 5.28. The van der Waals surface area contributed by atoms with E-state index in [1.165, 1.54) is 6.92 Å². The fraction of sp³-hybridized carbons (Fsp3) is 0.304. The summed E-state index contributed by atoms with van der Waals surface area (Å²) in [5.74, 6) is 0.808. The molecule has 1 aliphatic rings. The molecule has 2 atom stereocenters. The summed E-state index contributed by atoms with van der Waals surface area (Å²) in [6, 6.07) is 19.1. The van der Waals surface area contributed by atoms with Crippen LogP contribution in [-0.4, -0.2) is 57.6 Å². The van der Waals surface area contributed by atoms with E-state index in [0.717, 1.165) is 11.1 Å². The fourth-order valence-electron chi connectivity index (χ4n) is 3.77. The third-order valence-corrected chi connectivity index (χ3v) is 5.28. The van der Waals surface area contributed by atoms with Gasteiger partial charge in [-0.1, -0.05) is 60.7 Å². The average Bonchev–Trinajstić information content (AvgIpc) is 3.42. The van der Waals surface area contributed by atoms with Crippen molar-refractivity contribution in [2.24, 2.45) is 0 Å². The van der Waals surface area contributed by atoms with Crippen LogP contribution in [0.15, 0.2) is 60.7 Å². The zero-order valence-electron chi connectivity index (χ0n) is 17.3. The Bertz CT molecular complexity index is 1020. The molecule has 1 aliphatic heterocycles. The number of ether oxygens (including phenoxy) is 1. The zero-order chi connectivity index (χ0) is 21.6. The highest BCUT2D eigenvalue weighted by Gasteiger charge is 2.38. The van der Waals surface area contributed by atoms with Gasteiger partial charge in [-0.25, -0.2) is 4.98 Å². The van der Waals surface area contributed by atoms with Crippen LogP contribution < -0.4 is 5.32 Å². The van der Waals surface area contributed by atoms with E-state index in [-0.39, 0.29) is 30.4 Å². The molecule has 8 nitrogen and oxygen atoms in total. The van der Waals surface area contributed by atoms with Gasteiger partial charge in [-0.2, -0.15) is 5.10 Å². The molecule has 2 N–H and O–H groups in total. The summed E-state index contributed by atoms with van der Waals surface area (Å²) in [6.45, 7) is 2.67. The van der Waals surface area contributed by atoms with Crippen LogP contribution in [0.1, 0.15) is 24.2 Å². The van der Waals surface area contributed by atoms with Crippen molar-refractivity contribution in [1.82, 2.24) is 25.4 Å². The monoisotopic (exact) mass is 419 g/mol. The second kappa shape index (κ2) is 9.53. The number of nitrogens with one attached hydrogen (secondary N) is 2. The zero-order valence-corrected chi connectivity index (χ0v) is 17.3. The summed E-state index contributed by atoms with van der Waals surface area (Å²) in [5, 5.41) is 10.3. The summed E-state index contributed by atoms with van der Waals surface area (Å²) in [4.78, 5) is 30.8. The number of hydrogen-bond acceptors (Lipinski definition) is 5. The van der Waals surface area contributed by atoms with Crippen molar-refractivity contribution in [3.05, 3.63) is 72.1 Å². The van der Waals surface area contributed by atoms with Crippen molar-refractivity contribution >= 4 is 11.8 Å². The minimum absolute atomic E-state index is 0.0138. The van der Waals surface area contributed by atoms with Gasteiger partial charge in [0.05, 0.1) is 18.6 Å². The lowest BCUT2D eigenvalue weighted by Gasteiger charge is -2.17. The maximum Gasteiger partial charge on any atom is 0.248 e. The van der Waals surface area contributed by atoms with Gasteiger partial charge in [-0.3, -0.25) is 14.7 Å². The van der Waals surface area contributed by atoms with E-state index in [4.69, 9.17) is 4.74 Å². The van der Waals surface area contributed by atoms with Crippen LogP contribution in [0.4, 0.5) is 0 Å². The Morgan fingerprint density at radius 3 is 2.52 bits per heavy atom. The van der Waals surface area contributed by atoms with Gasteiger partial charge < -0.3 is 15.0 Å². The Hall–Kier alpha value is -3.52. The predicted octanol–water partition coefficient (Wildman–Crippen LogP) is 2.12. The average molecular weight is 419 g/mol. The summed E-state index contributed by atoms with van der Waals surface area (Å²) in [5.41, 5.74) is 1.92. The molecule has 2 amide bonds. The molecule has 1 fully saturated rings. The van der Waals surface area contributed by atoms with Crippen LogP contribution >= 0.6 is 0 Å². The van der Waals surface area contributed by atoms with Gasteiger partial charge in [-0.05, 0) is 5.56 Å². The number of hydrogen-bond donors (Lipinski definition) is 2. The largest absolute Gasteiger partial charge is 0.367 e. The van der Waals surface area contributed by atoms with Crippen LogP contribution in [0, 0.1) is 0 Å². The number of likely N-dealkylation sites (tertiary alicyclic amines) is 1. The fourth-order valence-corrected chi connectivity index (χ4v) is 3.77. The smallest absolute Gasteiger partial charge is 0.248 e. The number of carbonyl (C=O) groups excluding carboxylic acids is 2. The summed E-state index contributed by atoms with van der Waals surface area (Å²) in [7, 11) is 0. The predicted molar refractivity (Wildman–Crippen MR) is 115 cm³/mol. The molecule has 4 rings (SSSR count).